The number of para-hydroxylation sites is 1. The highest BCUT2D eigenvalue weighted by molar-refractivity contribution is 5.93. The molecule has 0 unspecified atom stereocenters. The fraction of sp³-hybridized carbons (Fsp3) is 0.316. The fourth-order valence-electron chi connectivity index (χ4n) is 3.22. The molecule has 1 saturated heterocycles. The van der Waals surface area contributed by atoms with Crippen LogP contribution in [-0.4, -0.2) is 45.7 Å². The molecule has 8 nitrogen and oxygen atoms in total. The standard InChI is InChI=1S/C19H23N5O3/c1-23-13-20-12-17(23)19(26)21-15-8-10-24(11-9-15)16-5-3-2-4-14(16)6-7-18(25)22-27/h2-7,12-13,15,27H,8-11H2,1H3,(H,21,26)(H,22,25)/b7-6+. The molecule has 0 spiro atoms. The Hall–Kier alpha value is -3.13. The number of imidazole rings is 1. The number of piperidine rings is 1. The summed E-state index contributed by atoms with van der Waals surface area (Å²) >= 11 is 0. The Bertz CT molecular complexity index is 837. The predicted molar refractivity (Wildman–Crippen MR) is 101 cm³/mol. The van der Waals surface area contributed by atoms with Crippen molar-refractivity contribution in [2.45, 2.75) is 18.9 Å². The van der Waals surface area contributed by atoms with E-state index in [1.165, 1.54) is 6.08 Å². The topological polar surface area (TPSA) is 99.5 Å². The Balaban J connectivity index is 1.61. The number of carbonyl (C=O) groups is 2. The molecule has 1 aliphatic rings. The lowest BCUT2D eigenvalue weighted by molar-refractivity contribution is -0.124. The van der Waals surface area contributed by atoms with Crippen molar-refractivity contribution in [2.75, 3.05) is 18.0 Å². The first-order chi connectivity index (χ1) is 13.1. The maximum absolute atomic E-state index is 12.3. The minimum Gasteiger partial charge on any atom is -0.371 e. The molecular weight excluding hydrogens is 346 g/mol. The van der Waals surface area contributed by atoms with E-state index in [2.05, 4.69) is 15.2 Å². The number of nitrogens with zero attached hydrogens (tertiary/aromatic N) is 3. The molecule has 0 bridgehead atoms. The van der Waals surface area contributed by atoms with Crippen LogP contribution in [0.5, 0.6) is 0 Å². The van der Waals surface area contributed by atoms with Crippen molar-refractivity contribution in [1.29, 1.82) is 0 Å². The third kappa shape index (κ3) is 4.53. The van der Waals surface area contributed by atoms with Crippen LogP contribution in [0.25, 0.3) is 6.08 Å². The van der Waals surface area contributed by atoms with Gasteiger partial charge in [0.1, 0.15) is 5.69 Å². The SMILES string of the molecule is Cn1cncc1C(=O)NC1CCN(c2ccccc2/C=C/C(=O)NO)CC1. The molecule has 3 N–H and O–H groups in total. The van der Waals surface area contributed by atoms with Gasteiger partial charge in [0, 0.05) is 37.9 Å². The number of anilines is 1. The summed E-state index contributed by atoms with van der Waals surface area (Å²) in [5.74, 6) is -0.673. The number of benzene rings is 1. The van der Waals surface area contributed by atoms with E-state index in [9.17, 15) is 9.59 Å². The van der Waals surface area contributed by atoms with Crippen molar-refractivity contribution in [3.8, 4) is 0 Å². The van der Waals surface area contributed by atoms with Gasteiger partial charge >= 0.3 is 0 Å². The highest BCUT2D eigenvalue weighted by atomic mass is 16.5. The molecule has 3 rings (SSSR count). The normalized spacial score (nSPS) is 15.1. The van der Waals surface area contributed by atoms with Crippen molar-refractivity contribution in [3.63, 3.8) is 0 Å². The zero-order valence-electron chi connectivity index (χ0n) is 15.1. The van der Waals surface area contributed by atoms with Crippen molar-refractivity contribution in [3.05, 3.63) is 54.1 Å². The van der Waals surface area contributed by atoms with Gasteiger partial charge in [-0.1, -0.05) is 18.2 Å². The zero-order valence-corrected chi connectivity index (χ0v) is 15.1. The van der Waals surface area contributed by atoms with Gasteiger partial charge in [-0.15, -0.1) is 0 Å². The van der Waals surface area contributed by atoms with Crippen LogP contribution in [0.3, 0.4) is 0 Å². The Kier molecular flexibility index (Phi) is 5.87. The molecule has 0 radical (unpaired) electrons. The molecule has 0 aliphatic carbocycles. The molecule has 0 atom stereocenters. The molecule has 2 aromatic rings. The van der Waals surface area contributed by atoms with Crippen LogP contribution in [0.2, 0.25) is 0 Å². The Morgan fingerprint density at radius 1 is 1.26 bits per heavy atom. The first-order valence-corrected chi connectivity index (χ1v) is 8.82. The molecule has 8 heteroatoms. The monoisotopic (exact) mass is 369 g/mol. The lowest BCUT2D eigenvalue weighted by atomic mass is 10.0. The molecule has 1 fully saturated rings. The lowest BCUT2D eigenvalue weighted by Crippen LogP contribution is -2.45. The average molecular weight is 369 g/mol. The van der Waals surface area contributed by atoms with Crippen LogP contribution >= 0.6 is 0 Å². The van der Waals surface area contributed by atoms with Gasteiger partial charge in [0.25, 0.3) is 11.8 Å². The van der Waals surface area contributed by atoms with Gasteiger partial charge in [-0.25, -0.2) is 10.5 Å². The average Bonchev–Trinajstić information content (AvgIpc) is 3.13. The molecule has 0 saturated carbocycles. The van der Waals surface area contributed by atoms with Crippen LogP contribution < -0.4 is 15.7 Å². The number of amides is 2. The summed E-state index contributed by atoms with van der Waals surface area (Å²) < 4.78 is 1.70. The van der Waals surface area contributed by atoms with E-state index in [0.29, 0.717) is 5.69 Å². The van der Waals surface area contributed by atoms with Crippen LogP contribution in [0.1, 0.15) is 28.9 Å². The Labute approximate surface area is 157 Å². The fourth-order valence-corrected chi connectivity index (χ4v) is 3.22. The van der Waals surface area contributed by atoms with Gasteiger partial charge in [0.2, 0.25) is 0 Å². The van der Waals surface area contributed by atoms with Crippen molar-refractivity contribution in [1.82, 2.24) is 20.3 Å². The highest BCUT2D eigenvalue weighted by Gasteiger charge is 2.23. The summed E-state index contributed by atoms with van der Waals surface area (Å²) in [5.41, 5.74) is 4.06. The van der Waals surface area contributed by atoms with Gasteiger partial charge in [0.05, 0.1) is 12.5 Å². The Morgan fingerprint density at radius 2 is 2.00 bits per heavy atom. The number of nitrogens with one attached hydrogen (secondary N) is 2. The van der Waals surface area contributed by atoms with Crippen molar-refractivity contribution < 1.29 is 14.8 Å². The summed E-state index contributed by atoms with van der Waals surface area (Å²) in [6, 6.07) is 7.90. The van der Waals surface area contributed by atoms with E-state index in [-0.39, 0.29) is 11.9 Å². The van der Waals surface area contributed by atoms with Crippen LogP contribution in [-0.2, 0) is 11.8 Å². The molecule has 2 amide bonds. The van der Waals surface area contributed by atoms with Crippen LogP contribution in [0.4, 0.5) is 5.69 Å². The number of aryl methyl sites for hydroxylation is 1. The molecular formula is C19H23N5O3. The van der Waals surface area contributed by atoms with Crippen molar-refractivity contribution >= 4 is 23.6 Å². The maximum Gasteiger partial charge on any atom is 0.269 e. The summed E-state index contributed by atoms with van der Waals surface area (Å²) in [6.07, 6.45) is 7.81. The molecule has 1 aromatic heterocycles. The first kappa shape index (κ1) is 18.7. The molecule has 142 valence electrons. The van der Waals surface area contributed by atoms with E-state index in [1.807, 2.05) is 24.3 Å². The molecule has 27 heavy (non-hydrogen) atoms. The summed E-state index contributed by atoms with van der Waals surface area (Å²) in [4.78, 5) is 29.8. The first-order valence-electron chi connectivity index (χ1n) is 8.82. The predicted octanol–water partition coefficient (Wildman–Crippen LogP) is 1.34. The van der Waals surface area contributed by atoms with Gasteiger partial charge in [-0.3, -0.25) is 14.8 Å². The highest BCUT2D eigenvalue weighted by Crippen LogP contribution is 2.25. The molecule has 1 aromatic carbocycles. The van der Waals surface area contributed by atoms with Crippen molar-refractivity contribution in [2.24, 2.45) is 7.05 Å². The maximum atomic E-state index is 12.3. The minimum atomic E-state index is -0.568. The van der Waals surface area contributed by atoms with Gasteiger partial charge in [0.15, 0.2) is 0 Å². The van der Waals surface area contributed by atoms with E-state index >= 15 is 0 Å². The van der Waals surface area contributed by atoms with Crippen LogP contribution in [0.15, 0.2) is 42.9 Å². The third-order valence-electron chi connectivity index (χ3n) is 4.68. The number of aromatic nitrogens is 2. The smallest absolute Gasteiger partial charge is 0.269 e. The Morgan fingerprint density at radius 3 is 2.67 bits per heavy atom. The summed E-state index contributed by atoms with van der Waals surface area (Å²) in [5, 5.41) is 11.7. The minimum absolute atomic E-state index is 0.105. The van der Waals surface area contributed by atoms with Gasteiger partial charge in [-0.2, -0.15) is 0 Å². The molecule has 1 aliphatic heterocycles. The second kappa shape index (κ2) is 8.50. The number of hydroxylamine groups is 1. The summed E-state index contributed by atoms with van der Waals surface area (Å²) in [7, 11) is 1.80. The van der Waals surface area contributed by atoms with E-state index < -0.39 is 5.91 Å². The number of hydrogen-bond donors (Lipinski definition) is 3. The zero-order chi connectivity index (χ0) is 19.2. The van der Waals surface area contributed by atoms with E-state index in [4.69, 9.17) is 5.21 Å². The quantitative estimate of drug-likeness (QED) is 0.420. The molecule has 2 heterocycles. The van der Waals surface area contributed by atoms with Gasteiger partial charge in [-0.05, 0) is 30.5 Å². The van der Waals surface area contributed by atoms with E-state index in [1.54, 1.807) is 35.7 Å². The van der Waals surface area contributed by atoms with Gasteiger partial charge < -0.3 is 14.8 Å². The number of rotatable bonds is 5. The summed E-state index contributed by atoms with van der Waals surface area (Å²) in [6.45, 7) is 1.60. The second-order valence-electron chi connectivity index (χ2n) is 6.49. The van der Waals surface area contributed by atoms with E-state index in [0.717, 1.165) is 37.2 Å². The number of carbonyl (C=O) groups excluding carboxylic acids is 2. The largest absolute Gasteiger partial charge is 0.371 e. The lowest BCUT2D eigenvalue weighted by Gasteiger charge is -2.34. The van der Waals surface area contributed by atoms with Crippen LogP contribution in [0, 0.1) is 0 Å². The second-order valence-corrected chi connectivity index (χ2v) is 6.49. The number of hydrogen-bond acceptors (Lipinski definition) is 5. The third-order valence-corrected chi connectivity index (χ3v) is 4.68.